The molecule has 1 aromatic rings. The highest BCUT2D eigenvalue weighted by atomic mass is 16.6. The van der Waals surface area contributed by atoms with Crippen LogP contribution in [-0.4, -0.2) is 19.3 Å². The Hall–Kier alpha value is -1.02. The van der Waals surface area contributed by atoms with E-state index < -0.39 is 0 Å². The molecule has 0 amide bonds. The molecule has 0 spiro atoms. The molecule has 0 saturated carbocycles. The lowest BCUT2D eigenvalue weighted by Gasteiger charge is -2.14. The van der Waals surface area contributed by atoms with E-state index in [1.807, 2.05) is 0 Å². The number of aryl methyl sites for hydroxylation is 1. The summed E-state index contributed by atoms with van der Waals surface area (Å²) in [5.41, 5.74) is 4.14. The minimum atomic E-state index is 0.517. The summed E-state index contributed by atoms with van der Waals surface area (Å²) in [5.74, 6) is 1.05. The molecule has 1 aliphatic rings. The van der Waals surface area contributed by atoms with Gasteiger partial charge in [-0.1, -0.05) is 19.4 Å². The molecule has 1 aromatic carbocycles. The Labute approximate surface area is 110 Å². The van der Waals surface area contributed by atoms with Crippen molar-refractivity contribution in [2.24, 2.45) is 0 Å². The Morgan fingerprint density at radius 3 is 2.72 bits per heavy atom. The van der Waals surface area contributed by atoms with Crippen molar-refractivity contribution in [3.63, 3.8) is 0 Å². The molecule has 1 fully saturated rings. The highest BCUT2D eigenvalue weighted by Crippen LogP contribution is 2.25. The quantitative estimate of drug-likeness (QED) is 0.540. The van der Waals surface area contributed by atoms with Crippen molar-refractivity contribution in [2.75, 3.05) is 13.2 Å². The summed E-state index contributed by atoms with van der Waals surface area (Å²) in [6.07, 6.45) is 5.09. The summed E-state index contributed by atoms with van der Waals surface area (Å²) in [4.78, 5) is 0. The van der Waals surface area contributed by atoms with Crippen molar-refractivity contribution in [1.82, 2.24) is 0 Å². The molecular weight excluding hydrogens is 224 g/mol. The summed E-state index contributed by atoms with van der Waals surface area (Å²) >= 11 is 0. The first kappa shape index (κ1) is 13.4. The zero-order valence-corrected chi connectivity index (χ0v) is 11.8. The van der Waals surface area contributed by atoms with Crippen LogP contribution in [0.5, 0.6) is 5.75 Å². The van der Waals surface area contributed by atoms with Crippen molar-refractivity contribution in [3.8, 4) is 5.75 Å². The zero-order valence-electron chi connectivity index (χ0n) is 11.8. The fourth-order valence-corrected chi connectivity index (χ4v) is 2.28. The Balaban J connectivity index is 1.88. The molecule has 0 aliphatic carbocycles. The number of hydrogen-bond donors (Lipinski definition) is 0. The van der Waals surface area contributed by atoms with Crippen molar-refractivity contribution in [2.45, 2.75) is 52.6 Å². The second-order valence-electron chi connectivity index (χ2n) is 5.17. The van der Waals surface area contributed by atoms with Crippen LogP contribution in [0.1, 0.15) is 42.9 Å². The lowest BCUT2D eigenvalue weighted by Crippen LogP contribution is -2.02. The molecule has 1 atom stereocenters. The predicted octanol–water partition coefficient (Wildman–Crippen LogP) is 3.81. The zero-order chi connectivity index (χ0) is 13.0. The topological polar surface area (TPSA) is 21.8 Å². The van der Waals surface area contributed by atoms with Crippen molar-refractivity contribution in [3.05, 3.63) is 28.8 Å². The number of ether oxygens (including phenoxy) is 2. The van der Waals surface area contributed by atoms with E-state index in [0.29, 0.717) is 6.10 Å². The fraction of sp³-hybridized carbons (Fsp3) is 0.625. The molecular formula is C16H24O2. The monoisotopic (exact) mass is 248 g/mol. The van der Waals surface area contributed by atoms with Crippen molar-refractivity contribution >= 4 is 0 Å². The van der Waals surface area contributed by atoms with E-state index >= 15 is 0 Å². The van der Waals surface area contributed by atoms with Gasteiger partial charge in [0, 0.05) is 0 Å². The van der Waals surface area contributed by atoms with Gasteiger partial charge < -0.3 is 9.47 Å². The van der Waals surface area contributed by atoms with Gasteiger partial charge in [0.15, 0.2) is 0 Å². The molecule has 0 aromatic heterocycles. The molecule has 2 heteroatoms. The standard InChI is InChI=1S/C16H24O2/c1-4-6-14-8-9-16(13(3)12(14)2)17-10-5-7-15-11-18-15/h8-9,15H,4-7,10-11H2,1-3H3. The normalized spacial score (nSPS) is 17.8. The first-order chi connectivity index (χ1) is 8.72. The maximum Gasteiger partial charge on any atom is 0.122 e. The van der Waals surface area contributed by atoms with Gasteiger partial charge in [0.1, 0.15) is 5.75 Å². The summed E-state index contributed by atoms with van der Waals surface area (Å²) in [7, 11) is 0. The summed E-state index contributed by atoms with van der Waals surface area (Å²) in [6, 6.07) is 4.34. The van der Waals surface area contributed by atoms with Gasteiger partial charge in [0.2, 0.25) is 0 Å². The maximum atomic E-state index is 5.87. The molecule has 100 valence electrons. The molecule has 2 rings (SSSR count). The minimum absolute atomic E-state index is 0.517. The van der Waals surface area contributed by atoms with Crippen LogP contribution < -0.4 is 4.74 Å². The van der Waals surface area contributed by atoms with Crippen LogP contribution in [0.25, 0.3) is 0 Å². The van der Waals surface area contributed by atoms with Crippen LogP contribution in [0.4, 0.5) is 0 Å². The van der Waals surface area contributed by atoms with E-state index in [4.69, 9.17) is 9.47 Å². The molecule has 0 N–H and O–H groups in total. The largest absolute Gasteiger partial charge is 0.493 e. The summed E-state index contributed by atoms with van der Waals surface area (Å²) in [5, 5.41) is 0. The molecule has 1 saturated heterocycles. The maximum absolute atomic E-state index is 5.87. The third-order valence-corrected chi connectivity index (χ3v) is 3.70. The fourth-order valence-electron chi connectivity index (χ4n) is 2.28. The first-order valence-corrected chi connectivity index (χ1v) is 7.06. The van der Waals surface area contributed by atoms with E-state index in [2.05, 4.69) is 32.9 Å². The average molecular weight is 248 g/mol. The lowest BCUT2D eigenvalue weighted by molar-refractivity contribution is 0.292. The molecule has 2 nitrogen and oxygen atoms in total. The van der Waals surface area contributed by atoms with Crippen LogP contribution in [0, 0.1) is 13.8 Å². The number of hydrogen-bond acceptors (Lipinski definition) is 2. The Kier molecular flexibility index (Phi) is 4.65. The Morgan fingerprint density at radius 1 is 1.28 bits per heavy atom. The van der Waals surface area contributed by atoms with Gasteiger partial charge in [0.25, 0.3) is 0 Å². The number of benzene rings is 1. The molecule has 18 heavy (non-hydrogen) atoms. The minimum Gasteiger partial charge on any atom is -0.493 e. The van der Waals surface area contributed by atoms with Crippen molar-refractivity contribution < 1.29 is 9.47 Å². The Morgan fingerprint density at radius 2 is 2.06 bits per heavy atom. The smallest absolute Gasteiger partial charge is 0.122 e. The van der Waals surface area contributed by atoms with Gasteiger partial charge in [-0.2, -0.15) is 0 Å². The van der Waals surface area contributed by atoms with E-state index in [9.17, 15) is 0 Å². The third kappa shape index (κ3) is 3.49. The molecule has 1 unspecified atom stereocenters. The third-order valence-electron chi connectivity index (χ3n) is 3.70. The van der Waals surface area contributed by atoms with Crippen LogP contribution in [-0.2, 0) is 11.2 Å². The van der Waals surface area contributed by atoms with E-state index in [1.165, 1.54) is 23.1 Å². The molecule has 1 aliphatic heterocycles. The number of epoxide rings is 1. The van der Waals surface area contributed by atoms with Gasteiger partial charge in [0.05, 0.1) is 19.3 Å². The van der Waals surface area contributed by atoms with Gasteiger partial charge in [-0.3, -0.25) is 0 Å². The second kappa shape index (κ2) is 6.24. The van der Waals surface area contributed by atoms with E-state index in [1.54, 1.807) is 0 Å². The van der Waals surface area contributed by atoms with Crippen molar-refractivity contribution in [1.29, 1.82) is 0 Å². The van der Waals surface area contributed by atoms with E-state index in [0.717, 1.165) is 38.2 Å². The summed E-state index contributed by atoms with van der Waals surface area (Å²) in [6.45, 7) is 8.33. The van der Waals surface area contributed by atoms with E-state index in [-0.39, 0.29) is 0 Å². The number of rotatable bonds is 7. The highest BCUT2D eigenvalue weighted by molar-refractivity contribution is 5.43. The van der Waals surface area contributed by atoms with Crippen LogP contribution in [0.15, 0.2) is 12.1 Å². The van der Waals surface area contributed by atoms with Crippen LogP contribution in [0.3, 0.4) is 0 Å². The van der Waals surface area contributed by atoms with Gasteiger partial charge in [-0.25, -0.2) is 0 Å². The second-order valence-corrected chi connectivity index (χ2v) is 5.17. The van der Waals surface area contributed by atoms with Gasteiger partial charge in [-0.15, -0.1) is 0 Å². The first-order valence-electron chi connectivity index (χ1n) is 7.06. The lowest BCUT2D eigenvalue weighted by atomic mass is 9.99. The highest BCUT2D eigenvalue weighted by Gasteiger charge is 2.21. The predicted molar refractivity (Wildman–Crippen MR) is 74.4 cm³/mol. The van der Waals surface area contributed by atoms with Gasteiger partial charge >= 0.3 is 0 Å². The molecule has 0 bridgehead atoms. The van der Waals surface area contributed by atoms with Crippen LogP contribution >= 0.6 is 0 Å². The molecule has 0 radical (unpaired) electrons. The Bertz CT molecular complexity index is 394. The SMILES string of the molecule is CCCc1ccc(OCCCC2CO2)c(C)c1C. The average Bonchev–Trinajstić information content (AvgIpc) is 3.17. The molecule has 1 heterocycles. The van der Waals surface area contributed by atoms with Crippen LogP contribution in [0.2, 0.25) is 0 Å². The summed E-state index contributed by atoms with van der Waals surface area (Å²) < 4.78 is 11.1. The van der Waals surface area contributed by atoms with Gasteiger partial charge in [-0.05, 0) is 55.9 Å².